The predicted octanol–water partition coefficient (Wildman–Crippen LogP) is 14.5. The molecule has 2 aromatic carbocycles. The molecule has 0 aliphatic carbocycles. The number of aliphatic hydroxyl groups is 1. The molecule has 6 aromatic rings. The van der Waals surface area contributed by atoms with Crippen molar-refractivity contribution in [1.29, 1.82) is 0 Å². The number of hydrogen-bond acceptors (Lipinski definition) is 6. The van der Waals surface area contributed by atoms with Crippen LogP contribution in [0.4, 0.5) is 0 Å². The molecule has 5 nitrogen and oxygen atoms in total. The van der Waals surface area contributed by atoms with Gasteiger partial charge in [-0.1, -0.05) is 117 Å². The molecule has 0 unspecified atom stereocenters. The van der Waals surface area contributed by atoms with E-state index in [1.165, 1.54) is 37.7 Å². The molecule has 1 N–H and O–H groups in total. The van der Waals surface area contributed by atoms with Crippen molar-refractivity contribution < 1.29 is 34.4 Å². The molecule has 56 heavy (non-hydrogen) atoms. The van der Waals surface area contributed by atoms with Crippen LogP contribution in [0.3, 0.4) is 0 Å². The van der Waals surface area contributed by atoms with Crippen LogP contribution >= 0.6 is 11.3 Å². The van der Waals surface area contributed by atoms with E-state index < -0.39 is 0 Å². The largest absolute Gasteiger partial charge is 0.512 e. The SMILES string of the molecule is CCC(C)(CC)C(=O)/C=C(\O)C(C)(CC)CC.Cc1sc2cc(-c3cc(-c4[c-]c5cccnc5c(C(C)(C)C)c4)nc4occ(C)c34)ccc2c1CC(C)C.[Ir]. The zero-order valence-electron chi connectivity index (χ0n) is 35.8. The fourth-order valence-electron chi connectivity index (χ4n) is 7.17. The quantitative estimate of drug-likeness (QED) is 0.0795. The first-order chi connectivity index (χ1) is 25.9. The van der Waals surface area contributed by atoms with Crippen LogP contribution in [-0.2, 0) is 36.7 Å². The van der Waals surface area contributed by atoms with Gasteiger partial charge in [-0.25, -0.2) is 0 Å². The molecule has 4 heterocycles. The average Bonchev–Trinajstić information content (AvgIpc) is 3.69. The van der Waals surface area contributed by atoms with Gasteiger partial charge in [-0.2, -0.15) is 0 Å². The van der Waals surface area contributed by atoms with Gasteiger partial charge in [-0.3, -0.25) is 14.8 Å². The molecule has 301 valence electrons. The second kappa shape index (κ2) is 17.9. The van der Waals surface area contributed by atoms with Crippen molar-refractivity contribution in [3.8, 4) is 22.4 Å². The van der Waals surface area contributed by atoms with Gasteiger partial charge in [0.15, 0.2) is 5.78 Å². The Hall–Kier alpha value is -3.64. The Bertz CT molecular complexity index is 2350. The van der Waals surface area contributed by atoms with E-state index in [9.17, 15) is 9.90 Å². The molecule has 0 aliphatic rings. The number of ketones is 1. The number of pyridine rings is 2. The first kappa shape index (κ1) is 45.1. The molecule has 0 fully saturated rings. The number of carbonyl (C=O) groups excluding carboxylic acids is 1. The summed E-state index contributed by atoms with van der Waals surface area (Å²) < 4.78 is 7.31. The number of hydrogen-bond donors (Lipinski definition) is 1. The molecule has 0 saturated heterocycles. The molecule has 4 aromatic heterocycles. The Morgan fingerprint density at radius 2 is 1.61 bits per heavy atom. The van der Waals surface area contributed by atoms with Gasteiger partial charge in [0.25, 0.3) is 0 Å². The van der Waals surface area contributed by atoms with Crippen molar-refractivity contribution in [2.75, 3.05) is 0 Å². The third-order valence-electron chi connectivity index (χ3n) is 12.0. The van der Waals surface area contributed by atoms with Crippen LogP contribution in [0.15, 0.2) is 71.2 Å². The smallest absolute Gasteiger partial charge is 0.219 e. The zero-order chi connectivity index (χ0) is 40.5. The van der Waals surface area contributed by atoms with Gasteiger partial charge in [0.05, 0.1) is 6.26 Å². The first-order valence-electron chi connectivity index (χ1n) is 20.1. The second-order valence-corrected chi connectivity index (χ2v) is 18.5. The van der Waals surface area contributed by atoms with Gasteiger partial charge in [0, 0.05) is 69.4 Å². The normalized spacial score (nSPS) is 12.6. The van der Waals surface area contributed by atoms with E-state index in [0.29, 0.717) is 11.6 Å². The maximum absolute atomic E-state index is 12.2. The number of allylic oxidation sites excluding steroid dienone is 2. The van der Waals surface area contributed by atoms with Crippen LogP contribution in [0.25, 0.3) is 54.5 Å². The molecule has 0 amide bonds. The van der Waals surface area contributed by atoms with Crippen LogP contribution < -0.4 is 0 Å². The van der Waals surface area contributed by atoms with Crippen LogP contribution in [0.5, 0.6) is 0 Å². The molecular weight excluding hydrogens is 889 g/mol. The first-order valence-corrected chi connectivity index (χ1v) is 20.9. The third-order valence-corrected chi connectivity index (χ3v) is 13.1. The number of aromatic nitrogens is 2. The van der Waals surface area contributed by atoms with Crippen molar-refractivity contribution in [3.05, 3.63) is 94.4 Å². The molecule has 7 heteroatoms. The van der Waals surface area contributed by atoms with Gasteiger partial charge in [0.1, 0.15) is 5.76 Å². The molecule has 0 spiro atoms. The maximum atomic E-state index is 12.2. The van der Waals surface area contributed by atoms with Gasteiger partial charge >= 0.3 is 0 Å². The van der Waals surface area contributed by atoms with E-state index in [2.05, 4.69) is 95.9 Å². The third kappa shape index (κ3) is 9.22. The predicted molar refractivity (Wildman–Crippen MR) is 234 cm³/mol. The number of nitrogens with zero attached hydrogens (tertiary/aromatic N) is 2. The van der Waals surface area contributed by atoms with E-state index >= 15 is 0 Å². The van der Waals surface area contributed by atoms with E-state index in [-0.39, 0.29) is 47.9 Å². The maximum Gasteiger partial charge on any atom is 0.219 e. The summed E-state index contributed by atoms with van der Waals surface area (Å²) in [6.07, 6.45) is 9.53. The monoisotopic (exact) mass is 950 g/mol. The molecule has 0 bridgehead atoms. The van der Waals surface area contributed by atoms with E-state index in [1.54, 1.807) is 0 Å². The van der Waals surface area contributed by atoms with Gasteiger partial charge in [0.2, 0.25) is 5.71 Å². The van der Waals surface area contributed by atoms with Gasteiger partial charge in [-0.15, -0.1) is 29.5 Å². The Morgan fingerprint density at radius 1 is 0.946 bits per heavy atom. The van der Waals surface area contributed by atoms with Gasteiger partial charge < -0.3 is 9.52 Å². The van der Waals surface area contributed by atoms with Gasteiger partial charge in [-0.05, 0) is 91.0 Å². The average molecular weight is 950 g/mol. The molecule has 0 atom stereocenters. The minimum Gasteiger partial charge on any atom is -0.512 e. The van der Waals surface area contributed by atoms with Crippen molar-refractivity contribution in [1.82, 2.24) is 9.97 Å². The summed E-state index contributed by atoms with van der Waals surface area (Å²) in [6, 6.07) is 19.0. The van der Waals surface area contributed by atoms with Crippen LogP contribution in [0, 0.1) is 36.7 Å². The fraction of sp³-hybridized carbons (Fsp3) is 0.449. The van der Waals surface area contributed by atoms with E-state index in [4.69, 9.17) is 9.40 Å². The van der Waals surface area contributed by atoms with Crippen LogP contribution in [-0.4, -0.2) is 20.9 Å². The number of carbonyl (C=O) groups is 1. The second-order valence-electron chi connectivity index (χ2n) is 17.3. The van der Waals surface area contributed by atoms with Crippen molar-refractivity contribution in [2.45, 2.75) is 128 Å². The summed E-state index contributed by atoms with van der Waals surface area (Å²) >= 11 is 1.90. The summed E-state index contributed by atoms with van der Waals surface area (Å²) in [5.74, 6) is 0.919. The van der Waals surface area contributed by atoms with Crippen molar-refractivity contribution in [2.24, 2.45) is 16.7 Å². The van der Waals surface area contributed by atoms with Crippen LogP contribution in [0.1, 0.15) is 123 Å². The molecular formula is C49H61IrN2O3S-. The number of furan rings is 1. The molecule has 0 saturated carbocycles. The van der Waals surface area contributed by atoms with Crippen molar-refractivity contribution >= 4 is 49.2 Å². The van der Waals surface area contributed by atoms with E-state index in [0.717, 1.165) is 70.8 Å². The Labute approximate surface area is 352 Å². The standard InChI is InChI=1S/C34H33N2OS.C15H28O2.Ir/c1-19(2)13-26-21(4)38-30-16-22(10-11-25(26)30)27-17-29(36-33-31(27)20(3)18-37-33)24-14-23-9-8-12-35-32(23)28(15-24)34(5,6)7;1-7-14(5,8-2)12(16)11-13(17)15(6,9-3)10-4;/h8-12,15-19H,13H2,1-7H3;11,16H,7-10H2,1-6H3;/q-1;;/b;12-11-;. The fourth-order valence-corrected chi connectivity index (χ4v) is 8.30. The number of aryl methyl sites for hydroxylation is 2. The number of aliphatic hydroxyl groups excluding tert-OH is 1. The molecule has 1 radical (unpaired) electrons. The Balaban J connectivity index is 0.000000330. The number of rotatable bonds is 11. The zero-order valence-corrected chi connectivity index (χ0v) is 39.0. The number of thiophene rings is 1. The Kier molecular flexibility index (Phi) is 14.4. The molecule has 6 rings (SSSR count). The minimum atomic E-state index is -0.337. The van der Waals surface area contributed by atoms with E-state index in [1.807, 2.05) is 71.4 Å². The number of benzene rings is 2. The summed E-state index contributed by atoms with van der Waals surface area (Å²) in [4.78, 5) is 23.3. The summed E-state index contributed by atoms with van der Waals surface area (Å²) in [5.41, 5.74) is 8.91. The Morgan fingerprint density at radius 3 is 2.21 bits per heavy atom. The summed E-state index contributed by atoms with van der Waals surface area (Å²) in [7, 11) is 0. The molecule has 0 aliphatic heterocycles. The topological polar surface area (TPSA) is 76.2 Å². The number of fused-ring (bicyclic) bond motifs is 3. The van der Waals surface area contributed by atoms with Crippen molar-refractivity contribution in [3.63, 3.8) is 0 Å². The van der Waals surface area contributed by atoms with Crippen LogP contribution in [0.2, 0.25) is 0 Å². The summed E-state index contributed by atoms with van der Waals surface area (Å²) in [6.45, 7) is 27.7. The minimum absolute atomic E-state index is 0. The summed E-state index contributed by atoms with van der Waals surface area (Å²) in [5, 5.41) is 13.6.